The van der Waals surface area contributed by atoms with E-state index < -0.39 is 34.5 Å². The van der Waals surface area contributed by atoms with E-state index in [0.29, 0.717) is 16.5 Å². The average Bonchev–Trinajstić information content (AvgIpc) is 2.89. The van der Waals surface area contributed by atoms with Crippen LogP contribution in [-0.4, -0.2) is 49.0 Å². The first-order chi connectivity index (χ1) is 12.1. The Hall–Kier alpha value is -2.39. The largest absolute Gasteiger partial charge is 0.480 e. The number of esters is 1. The van der Waals surface area contributed by atoms with E-state index in [1.54, 1.807) is 27.7 Å². The highest BCUT2D eigenvalue weighted by molar-refractivity contribution is 7.89. The minimum absolute atomic E-state index is 0.0163. The minimum atomic E-state index is -4.03. The maximum atomic E-state index is 12.8. The number of fused-ring (bicyclic) bond motifs is 1. The van der Waals surface area contributed by atoms with E-state index in [0.717, 1.165) is 4.31 Å². The number of hydrogen-bond donors (Lipinski definition) is 1. The number of hydrogen-bond acceptors (Lipinski definition) is 6. The van der Waals surface area contributed by atoms with Crippen molar-refractivity contribution in [2.24, 2.45) is 0 Å². The lowest BCUT2D eigenvalue weighted by Crippen LogP contribution is -2.40. The van der Waals surface area contributed by atoms with Crippen LogP contribution in [0.4, 0.5) is 0 Å². The number of carboxylic acid groups (broad SMARTS) is 1. The molecule has 26 heavy (non-hydrogen) atoms. The Balaban J connectivity index is 2.55. The predicted molar refractivity (Wildman–Crippen MR) is 93.6 cm³/mol. The Morgan fingerprint density at radius 2 is 1.96 bits per heavy atom. The summed E-state index contributed by atoms with van der Waals surface area (Å²) in [4.78, 5) is 22.9. The van der Waals surface area contributed by atoms with Gasteiger partial charge in [-0.05, 0) is 45.9 Å². The smallest absolute Gasteiger partial charge is 0.374 e. The predicted octanol–water partition coefficient (Wildman–Crippen LogP) is 2.40. The number of carbonyl (C=O) groups excluding carboxylic acids is 1. The lowest BCUT2D eigenvalue weighted by atomic mass is 10.1. The molecular formula is C17H21NO7S. The van der Waals surface area contributed by atoms with Crippen molar-refractivity contribution < 1.29 is 32.3 Å². The molecule has 0 aliphatic carbocycles. The highest BCUT2D eigenvalue weighted by Crippen LogP contribution is 2.29. The Morgan fingerprint density at radius 3 is 2.50 bits per heavy atom. The third kappa shape index (κ3) is 3.73. The Morgan fingerprint density at radius 1 is 1.31 bits per heavy atom. The first-order valence-corrected chi connectivity index (χ1v) is 9.47. The van der Waals surface area contributed by atoms with Gasteiger partial charge >= 0.3 is 11.9 Å². The molecule has 1 aromatic heterocycles. The van der Waals surface area contributed by atoms with Crippen LogP contribution < -0.4 is 0 Å². The Labute approximate surface area is 151 Å². The molecule has 0 unspecified atom stereocenters. The summed E-state index contributed by atoms with van der Waals surface area (Å²) in [6, 6.07) is 3.61. The molecule has 142 valence electrons. The van der Waals surface area contributed by atoms with Gasteiger partial charge in [-0.15, -0.1) is 0 Å². The highest BCUT2D eigenvalue weighted by atomic mass is 32.2. The number of aliphatic carboxylic acids is 1. The molecule has 0 fully saturated rings. The van der Waals surface area contributed by atoms with Crippen molar-refractivity contribution in [2.75, 3.05) is 13.2 Å². The van der Waals surface area contributed by atoms with Crippen molar-refractivity contribution in [2.45, 2.75) is 38.6 Å². The van der Waals surface area contributed by atoms with Gasteiger partial charge in [0.2, 0.25) is 15.8 Å². The maximum Gasteiger partial charge on any atom is 0.374 e. The molecule has 1 heterocycles. The van der Waals surface area contributed by atoms with Crippen LogP contribution in [0.1, 0.15) is 36.9 Å². The van der Waals surface area contributed by atoms with Crippen LogP contribution in [0.15, 0.2) is 27.5 Å². The summed E-state index contributed by atoms with van der Waals surface area (Å²) in [5.41, 5.74) is 0.809. The van der Waals surface area contributed by atoms with Gasteiger partial charge in [0.25, 0.3) is 0 Å². The van der Waals surface area contributed by atoms with Crippen LogP contribution in [0.25, 0.3) is 11.0 Å². The first kappa shape index (κ1) is 19.9. The fraction of sp³-hybridized carbons (Fsp3) is 0.412. The third-order valence-corrected chi connectivity index (χ3v) is 5.86. The molecule has 8 nitrogen and oxygen atoms in total. The van der Waals surface area contributed by atoms with Crippen LogP contribution in [0.5, 0.6) is 0 Å². The van der Waals surface area contributed by atoms with Gasteiger partial charge in [0.1, 0.15) is 12.1 Å². The average molecular weight is 383 g/mol. The summed E-state index contributed by atoms with van der Waals surface area (Å²) in [5.74, 6) is -1.85. The van der Waals surface area contributed by atoms with Crippen LogP contribution in [-0.2, 0) is 19.6 Å². The lowest BCUT2D eigenvalue weighted by Gasteiger charge is -2.24. The number of furan rings is 1. The topological polar surface area (TPSA) is 114 Å². The minimum Gasteiger partial charge on any atom is -0.480 e. The quantitative estimate of drug-likeness (QED) is 0.730. The van der Waals surface area contributed by atoms with Gasteiger partial charge in [-0.2, -0.15) is 4.31 Å². The summed E-state index contributed by atoms with van der Waals surface area (Å²) in [6.45, 7) is 6.04. The number of ether oxygens (including phenoxy) is 1. The van der Waals surface area contributed by atoms with Crippen LogP contribution in [0.3, 0.4) is 0 Å². The number of carboxylic acids is 1. The van der Waals surface area contributed by atoms with Gasteiger partial charge < -0.3 is 14.3 Å². The van der Waals surface area contributed by atoms with E-state index in [4.69, 9.17) is 14.3 Å². The Bertz CT molecular complexity index is 943. The normalized spacial score (nSPS) is 12.1. The molecule has 0 radical (unpaired) electrons. The zero-order valence-electron chi connectivity index (χ0n) is 15.0. The van der Waals surface area contributed by atoms with Gasteiger partial charge in [-0.1, -0.05) is 0 Å². The standard InChI is InChI=1S/C17H21NO7S/c1-5-24-17(21)16-11(4)13-8-12(6-7-14(13)25-16)26(22,23)18(10(2)3)9-15(19)20/h6-8,10H,5,9H2,1-4H3,(H,19,20). The van der Waals surface area contributed by atoms with E-state index in [-0.39, 0.29) is 17.3 Å². The van der Waals surface area contributed by atoms with Crippen molar-refractivity contribution in [3.63, 3.8) is 0 Å². The zero-order chi connectivity index (χ0) is 19.6. The molecule has 0 saturated heterocycles. The number of rotatable bonds is 7. The number of benzene rings is 1. The summed E-state index contributed by atoms with van der Waals surface area (Å²) in [7, 11) is -4.03. The first-order valence-electron chi connectivity index (χ1n) is 8.03. The van der Waals surface area contributed by atoms with Crippen molar-refractivity contribution in [3.8, 4) is 0 Å². The van der Waals surface area contributed by atoms with Crippen molar-refractivity contribution in [3.05, 3.63) is 29.5 Å². The molecule has 2 rings (SSSR count). The monoisotopic (exact) mass is 383 g/mol. The second-order valence-corrected chi connectivity index (χ2v) is 7.86. The molecule has 0 aliphatic heterocycles. The van der Waals surface area contributed by atoms with Crippen molar-refractivity contribution >= 4 is 32.9 Å². The molecule has 0 spiro atoms. The zero-order valence-corrected chi connectivity index (χ0v) is 15.8. The SMILES string of the molecule is CCOC(=O)c1oc2ccc(S(=O)(=O)N(CC(=O)O)C(C)C)cc2c1C. The molecule has 2 aromatic rings. The molecule has 9 heteroatoms. The number of carbonyl (C=O) groups is 2. The van der Waals surface area contributed by atoms with E-state index >= 15 is 0 Å². The molecule has 1 N–H and O–H groups in total. The van der Waals surface area contributed by atoms with Crippen LogP contribution in [0, 0.1) is 6.92 Å². The molecule has 1 aromatic carbocycles. The van der Waals surface area contributed by atoms with Crippen molar-refractivity contribution in [1.82, 2.24) is 4.31 Å². The van der Waals surface area contributed by atoms with Gasteiger partial charge in [-0.25, -0.2) is 13.2 Å². The maximum absolute atomic E-state index is 12.8. The fourth-order valence-corrected chi connectivity index (χ4v) is 4.18. The third-order valence-electron chi connectivity index (χ3n) is 3.84. The lowest BCUT2D eigenvalue weighted by molar-refractivity contribution is -0.137. The fourth-order valence-electron chi connectivity index (χ4n) is 2.57. The number of sulfonamides is 1. The summed E-state index contributed by atoms with van der Waals surface area (Å²) < 4.78 is 37.0. The Kier molecular flexibility index (Phi) is 5.72. The molecule has 0 atom stereocenters. The van der Waals surface area contributed by atoms with E-state index in [1.807, 2.05) is 0 Å². The highest BCUT2D eigenvalue weighted by Gasteiger charge is 2.30. The molecule has 0 amide bonds. The van der Waals surface area contributed by atoms with Crippen LogP contribution >= 0.6 is 0 Å². The van der Waals surface area contributed by atoms with Gasteiger partial charge in [-0.3, -0.25) is 4.79 Å². The summed E-state index contributed by atoms with van der Waals surface area (Å²) in [5, 5.41) is 9.45. The van der Waals surface area contributed by atoms with E-state index in [1.165, 1.54) is 18.2 Å². The van der Waals surface area contributed by atoms with E-state index in [2.05, 4.69) is 0 Å². The second kappa shape index (κ2) is 7.46. The summed E-state index contributed by atoms with van der Waals surface area (Å²) >= 11 is 0. The van der Waals surface area contributed by atoms with Crippen LogP contribution in [0.2, 0.25) is 0 Å². The summed E-state index contributed by atoms with van der Waals surface area (Å²) in [6.07, 6.45) is 0. The van der Waals surface area contributed by atoms with Crippen molar-refractivity contribution in [1.29, 1.82) is 0 Å². The van der Waals surface area contributed by atoms with Gasteiger partial charge in [0.15, 0.2) is 0 Å². The van der Waals surface area contributed by atoms with Gasteiger partial charge in [0.05, 0.1) is 11.5 Å². The molecule has 0 aliphatic rings. The van der Waals surface area contributed by atoms with E-state index in [9.17, 15) is 18.0 Å². The molecule has 0 saturated carbocycles. The molecular weight excluding hydrogens is 362 g/mol. The number of aryl methyl sites for hydroxylation is 1. The second-order valence-electron chi connectivity index (χ2n) is 5.97. The number of nitrogens with zero attached hydrogens (tertiary/aromatic N) is 1. The molecule has 0 bridgehead atoms. The van der Waals surface area contributed by atoms with Gasteiger partial charge in [0, 0.05) is 17.0 Å².